The fourth-order valence-corrected chi connectivity index (χ4v) is 1.67. The van der Waals surface area contributed by atoms with Crippen LogP contribution >= 0.6 is 0 Å². The predicted octanol–water partition coefficient (Wildman–Crippen LogP) is 4.66. The fraction of sp³-hybridized carbons (Fsp3) is 0.500. The highest BCUT2D eigenvalue weighted by atomic mass is 19.4. The molecule has 0 amide bonds. The molecule has 0 saturated carbocycles. The summed E-state index contributed by atoms with van der Waals surface area (Å²) in [4.78, 5) is 0. The summed E-state index contributed by atoms with van der Waals surface area (Å²) in [5.74, 6) is -4.30. The Hall–Kier alpha value is -2.05. The maximum atomic E-state index is 12.4. The van der Waals surface area contributed by atoms with Crippen molar-refractivity contribution in [1.82, 2.24) is 5.32 Å². The predicted molar refractivity (Wildman–Crippen MR) is 64.0 cm³/mol. The van der Waals surface area contributed by atoms with E-state index in [4.69, 9.17) is 0 Å². The Morgan fingerprint density at radius 2 is 1.08 bits per heavy atom. The summed E-state index contributed by atoms with van der Waals surface area (Å²) >= 11 is 0. The molecule has 0 aliphatic rings. The minimum Gasteiger partial charge on any atom is -0.405 e. The van der Waals surface area contributed by atoms with Gasteiger partial charge in [0.1, 0.15) is 5.75 Å². The Morgan fingerprint density at radius 1 is 0.720 bits per heavy atom. The topological polar surface area (TPSA) is 39.7 Å². The molecule has 0 bridgehead atoms. The molecule has 1 N–H and O–H groups in total. The smallest absolute Gasteiger partial charge is 0.405 e. The van der Waals surface area contributed by atoms with E-state index < -0.39 is 47.9 Å². The zero-order valence-electron chi connectivity index (χ0n) is 12.4. The lowest BCUT2D eigenvalue weighted by molar-refractivity contribution is -0.288. The Morgan fingerprint density at radius 3 is 1.44 bits per heavy atom. The number of hydrogen-bond donors (Lipinski definition) is 1. The number of halogens is 9. The summed E-state index contributed by atoms with van der Waals surface area (Å²) in [6.07, 6.45) is -16.2. The van der Waals surface area contributed by atoms with Crippen LogP contribution in [0.4, 0.5) is 39.5 Å². The molecule has 0 saturated heterocycles. The van der Waals surface area contributed by atoms with Gasteiger partial charge in [0.15, 0.2) is 11.5 Å². The number of benzene rings is 1. The minimum atomic E-state index is -5.48. The zero-order valence-corrected chi connectivity index (χ0v) is 12.4. The maximum Gasteiger partial charge on any atom is 0.573 e. The van der Waals surface area contributed by atoms with Crippen molar-refractivity contribution in [2.24, 2.45) is 0 Å². The second-order valence-corrected chi connectivity index (χ2v) is 4.49. The van der Waals surface area contributed by atoms with Crippen molar-refractivity contribution in [3.63, 3.8) is 0 Å². The van der Waals surface area contributed by atoms with Crippen molar-refractivity contribution in [3.05, 3.63) is 17.7 Å². The third-order valence-corrected chi connectivity index (χ3v) is 2.65. The van der Waals surface area contributed by atoms with E-state index in [1.165, 1.54) is 14.0 Å². The number of rotatable bonds is 5. The molecule has 1 unspecified atom stereocenters. The molecule has 0 fully saturated rings. The van der Waals surface area contributed by atoms with Crippen molar-refractivity contribution in [3.8, 4) is 17.2 Å². The number of ether oxygens (including phenoxy) is 3. The van der Waals surface area contributed by atoms with Crippen LogP contribution in [0.2, 0.25) is 0 Å². The van der Waals surface area contributed by atoms with Gasteiger partial charge in [-0.1, -0.05) is 0 Å². The molecule has 1 atom stereocenters. The fourth-order valence-electron chi connectivity index (χ4n) is 1.67. The summed E-state index contributed by atoms with van der Waals surface area (Å²) in [6, 6.07) is -0.685. The van der Waals surface area contributed by atoms with E-state index in [9.17, 15) is 39.5 Å². The van der Waals surface area contributed by atoms with Gasteiger partial charge in [-0.15, -0.1) is 39.5 Å². The van der Waals surface area contributed by atoms with E-state index in [0.717, 1.165) is 0 Å². The van der Waals surface area contributed by atoms with E-state index in [1.54, 1.807) is 0 Å². The zero-order chi connectivity index (χ0) is 19.6. The van der Waals surface area contributed by atoms with Crippen molar-refractivity contribution >= 4 is 0 Å². The highest BCUT2D eigenvalue weighted by Crippen LogP contribution is 2.43. The van der Waals surface area contributed by atoms with Gasteiger partial charge in [0.2, 0.25) is 0 Å². The van der Waals surface area contributed by atoms with Crippen molar-refractivity contribution in [2.75, 3.05) is 7.05 Å². The number of nitrogens with one attached hydrogen (secondary N) is 1. The third kappa shape index (κ3) is 7.15. The first kappa shape index (κ1) is 21.0. The number of alkyl halides is 9. The van der Waals surface area contributed by atoms with Crippen LogP contribution in [0, 0.1) is 0 Å². The summed E-state index contributed by atoms with van der Waals surface area (Å²) < 4.78 is 122. The van der Waals surface area contributed by atoms with Crippen LogP contribution < -0.4 is 19.5 Å². The summed E-state index contributed by atoms with van der Waals surface area (Å²) in [5, 5.41) is 2.42. The standard InChI is InChI=1S/C12H10F9NO3/c1-5(22-2)6-3-8(24-11(16,17)18)9(25-12(19,20)21)4-7(6)23-10(13,14)15/h3-5,22H,1-2H3. The first-order valence-corrected chi connectivity index (χ1v) is 6.23. The summed E-state index contributed by atoms with van der Waals surface area (Å²) in [6.45, 7) is 1.24. The molecule has 1 rings (SSSR count). The Labute approximate surface area is 134 Å². The van der Waals surface area contributed by atoms with Crippen LogP contribution in [0.15, 0.2) is 12.1 Å². The average molecular weight is 387 g/mol. The normalized spacial score (nSPS) is 14.2. The van der Waals surface area contributed by atoms with Gasteiger partial charge in [-0.2, -0.15) is 0 Å². The Balaban J connectivity index is 3.52. The summed E-state index contributed by atoms with van der Waals surface area (Å²) in [7, 11) is 1.26. The first-order chi connectivity index (χ1) is 11.1. The highest BCUT2D eigenvalue weighted by molar-refractivity contribution is 5.52. The van der Waals surface area contributed by atoms with E-state index >= 15 is 0 Å². The largest absolute Gasteiger partial charge is 0.573 e. The molecule has 13 heteroatoms. The second kappa shape index (κ2) is 7.06. The van der Waals surface area contributed by atoms with Crippen LogP contribution in [0.1, 0.15) is 18.5 Å². The van der Waals surface area contributed by atoms with Gasteiger partial charge < -0.3 is 19.5 Å². The van der Waals surface area contributed by atoms with Crippen LogP contribution in [-0.4, -0.2) is 26.1 Å². The molecule has 0 spiro atoms. The number of hydrogen-bond acceptors (Lipinski definition) is 4. The molecule has 25 heavy (non-hydrogen) atoms. The molecular weight excluding hydrogens is 377 g/mol. The molecular formula is C12H10F9NO3. The van der Waals surface area contributed by atoms with Crippen LogP contribution in [0.5, 0.6) is 17.2 Å². The lowest BCUT2D eigenvalue weighted by Gasteiger charge is -2.22. The molecule has 144 valence electrons. The van der Waals surface area contributed by atoms with Gasteiger partial charge in [-0.25, -0.2) is 0 Å². The quantitative estimate of drug-likeness (QED) is 0.746. The molecule has 0 radical (unpaired) electrons. The van der Waals surface area contributed by atoms with Crippen LogP contribution in [0.25, 0.3) is 0 Å². The van der Waals surface area contributed by atoms with Gasteiger partial charge in [0.25, 0.3) is 0 Å². The van der Waals surface area contributed by atoms with Gasteiger partial charge in [0, 0.05) is 17.7 Å². The molecule has 0 aliphatic carbocycles. The Kier molecular flexibility index (Phi) is 5.93. The molecule has 0 heterocycles. The second-order valence-electron chi connectivity index (χ2n) is 4.49. The van der Waals surface area contributed by atoms with Crippen LogP contribution in [-0.2, 0) is 0 Å². The van der Waals surface area contributed by atoms with Crippen molar-refractivity contribution < 1.29 is 53.7 Å². The van der Waals surface area contributed by atoms with E-state index in [-0.39, 0.29) is 6.07 Å². The average Bonchev–Trinajstić information content (AvgIpc) is 2.35. The van der Waals surface area contributed by atoms with Gasteiger partial charge in [-0.05, 0) is 20.0 Å². The third-order valence-electron chi connectivity index (χ3n) is 2.65. The lowest BCUT2D eigenvalue weighted by Crippen LogP contribution is -2.24. The van der Waals surface area contributed by atoms with Gasteiger partial charge in [0.05, 0.1) is 0 Å². The molecule has 0 aromatic heterocycles. The summed E-state index contributed by atoms with van der Waals surface area (Å²) in [5.41, 5.74) is -0.534. The SMILES string of the molecule is CNC(C)c1cc(OC(F)(F)F)c(OC(F)(F)F)cc1OC(F)(F)F. The van der Waals surface area contributed by atoms with Gasteiger partial charge in [-0.3, -0.25) is 0 Å². The van der Waals surface area contributed by atoms with Crippen molar-refractivity contribution in [2.45, 2.75) is 32.1 Å². The molecule has 1 aromatic rings. The molecule has 1 aromatic carbocycles. The molecule has 0 aliphatic heterocycles. The Bertz CT molecular complexity index is 595. The lowest BCUT2D eigenvalue weighted by atomic mass is 10.1. The van der Waals surface area contributed by atoms with Crippen molar-refractivity contribution in [1.29, 1.82) is 0 Å². The maximum absolute atomic E-state index is 12.4. The molecule has 4 nitrogen and oxygen atoms in total. The minimum absolute atomic E-state index is 0.0191. The first-order valence-electron chi connectivity index (χ1n) is 6.23. The van der Waals surface area contributed by atoms with E-state index in [2.05, 4.69) is 19.5 Å². The monoisotopic (exact) mass is 387 g/mol. The van der Waals surface area contributed by atoms with E-state index in [1.807, 2.05) is 0 Å². The van der Waals surface area contributed by atoms with E-state index in [0.29, 0.717) is 6.07 Å². The van der Waals surface area contributed by atoms with Crippen LogP contribution in [0.3, 0.4) is 0 Å². The highest BCUT2D eigenvalue weighted by Gasteiger charge is 2.39. The van der Waals surface area contributed by atoms with Gasteiger partial charge >= 0.3 is 19.1 Å².